The zero-order chi connectivity index (χ0) is 14.4. The molecule has 1 fully saturated rings. The Bertz CT molecular complexity index is 447. The summed E-state index contributed by atoms with van der Waals surface area (Å²) in [5.41, 5.74) is 0.596. The summed E-state index contributed by atoms with van der Waals surface area (Å²) < 4.78 is 11.0. The molecule has 0 saturated carbocycles. The summed E-state index contributed by atoms with van der Waals surface area (Å²) in [4.78, 5) is 13.2. The molecule has 1 aromatic rings. The molecule has 110 valence electrons. The van der Waals surface area contributed by atoms with E-state index in [4.69, 9.17) is 9.47 Å². The van der Waals surface area contributed by atoms with Crippen LogP contribution in [0.15, 0.2) is 18.2 Å². The van der Waals surface area contributed by atoms with Gasteiger partial charge in [-0.05, 0) is 44.5 Å². The van der Waals surface area contributed by atoms with Crippen LogP contribution < -0.4 is 9.47 Å². The standard InChI is InChI=1S/C16H23NO3/c1-13-5-3-4-8-17(13)9-10-20-15-7-6-14(12-18)11-16(15)19-2/h6-7,11-13H,3-5,8-10H2,1-2H3/t13-/m1/s1. The first-order valence-electron chi connectivity index (χ1n) is 7.24. The van der Waals surface area contributed by atoms with E-state index >= 15 is 0 Å². The van der Waals surface area contributed by atoms with Crippen LogP contribution in [0.5, 0.6) is 11.5 Å². The molecule has 1 aliphatic heterocycles. The smallest absolute Gasteiger partial charge is 0.161 e. The van der Waals surface area contributed by atoms with Crippen molar-refractivity contribution in [2.75, 3.05) is 26.8 Å². The predicted octanol–water partition coefficient (Wildman–Crippen LogP) is 2.76. The molecule has 0 bridgehead atoms. The molecule has 0 aliphatic carbocycles. The van der Waals surface area contributed by atoms with Gasteiger partial charge < -0.3 is 9.47 Å². The Kier molecular flexibility index (Phi) is 5.41. The van der Waals surface area contributed by atoms with Crippen LogP contribution in [0.4, 0.5) is 0 Å². The largest absolute Gasteiger partial charge is 0.493 e. The molecule has 0 spiro atoms. The Hall–Kier alpha value is -1.55. The highest BCUT2D eigenvalue weighted by Gasteiger charge is 2.17. The number of hydrogen-bond donors (Lipinski definition) is 0. The van der Waals surface area contributed by atoms with Crippen molar-refractivity contribution < 1.29 is 14.3 Å². The maximum atomic E-state index is 10.7. The SMILES string of the molecule is COc1cc(C=O)ccc1OCCN1CCCC[C@H]1C. The molecule has 0 aromatic heterocycles. The van der Waals surface area contributed by atoms with E-state index in [2.05, 4.69) is 11.8 Å². The minimum absolute atomic E-state index is 0.596. The molecule has 0 amide bonds. The highest BCUT2D eigenvalue weighted by molar-refractivity contribution is 5.76. The van der Waals surface area contributed by atoms with Crippen molar-refractivity contribution in [3.63, 3.8) is 0 Å². The fourth-order valence-electron chi connectivity index (χ4n) is 2.64. The van der Waals surface area contributed by atoms with Gasteiger partial charge in [-0.1, -0.05) is 6.42 Å². The molecule has 1 heterocycles. The number of likely N-dealkylation sites (tertiary alicyclic amines) is 1. The third-order valence-corrected chi connectivity index (χ3v) is 3.90. The topological polar surface area (TPSA) is 38.8 Å². The number of methoxy groups -OCH3 is 1. The Morgan fingerprint density at radius 2 is 2.20 bits per heavy atom. The molecular weight excluding hydrogens is 254 g/mol. The van der Waals surface area contributed by atoms with Gasteiger partial charge in [0, 0.05) is 18.2 Å². The number of piperidine rings is 1. The lowest BCUT2D eigenvalue weighted by atomic mass is 10.0. The molecule has 4 nitrogen and oxygen atoms in total. The second kappa shape index (κ2) is 7.29. The lowest BCUT2D eigenvalue weighted by Crippen LogP contribution is -2.39. The molecule has 1 saturated heterocycles. The van der Waals surface area contributed by atoms with Crippen molar-refractivity contribution in [3.05, 3.63) is 23.8 Å². The summed E-state index contributed by atoms with van der Waals surface area (Å²) in [5.74, 6) is 1.31. The van der Waals surface area contributed by atoms with Crippen LogP contribution in [0.1, 0.15) is 36.5 Å². The average Bonchev–Trinajstić information content (AvgIpc) is 2.49. The number of ether oxygens (including phenoxy) is 2. The molecule has 20 heavy (non-hydrogen) atoms. The number of nitrogens with zero attached hydrogens (tertiary/aromatic N) is 1. The van der Waals surface area contributed by atoms with Crippen LogP contribution >= 0.6 is 0 Å². The van der Waals surface area contributed by atoms with Crippen molar-refractivity contribution >= 4 is 6.29 Å². The number of aldehydes is 1. The predicted molar refractivity (Wildman–Crippen MR) is 78.8 cm³/mol. The van der Waals surface area contributed by atoms with E-state index in [1.54, 1.807) is 25.3 Å². The lowest BCUT2D eigenvalue weighted by Gasteiger charge is -2.33. The minimum atomic E-state index is 0.596. The maximum Gasteiger partial charge on any atom is 0.161 e. The Labute approximate surface area is 120 Å². The van der Waals surface area contributed by atoms with Gasteiger partial charge in [0.15, 0.2) is 11.5 Å². The van der Waals surface area contributed by atoms with Crippen LogP contribution in [0, 0.1) is 0 Å². The normalized spacial score (nSPS) is 19.6. The van der Waals surface area contributed by atoms with Gasteiger partial charge in [0.25, 0.3) is 0 Å². The maximum absolute atomic E-state index is 10.7. The van der Waals surface area contributed by atoms with E-state index in [0.29, 0.717) is 29.7 Å². The molecule has 0 unspecified atom stereocenters. The molecule has 4 heteroatoms. The van der Waals surface area contributed by atoms with E-state index in [0.717, 1.165) is 19.4 Å². The summed E-state index contributed by atoms with van der Waals surface area (Å²) in [6.07, 6.45) is 4.69. The molecule has 1 atom stereocenters. The summed E-state index contributed by atoms with van der Waals surface area (Å²) in [6, 6.07) is 5.88. The van der Waals surface area contributed by atoms with Gasteiger partial charge in [-0.15, -0.1) is 0 Å². The van der Waals surface area contributed by atoms with Crippen molar-refractivity contribution in [2.45, 2.75) is 32.2 Å². The minimum Gasteiger partial charge on any atom is -0.493 e. The van der Waals surface area contributed by atoms with Gasteiger partial charge in [-0.3, -0.25) is 9.69 Å². The van der Waals surface area contributed by atoms with Crippen LogP contribution in [0.2, 0.25) is 0 Å². The van der Waals surface area contributed by atoms with Crippen molar-refractivity contribution in [2.24, 2.45) is 0 Å². The van der Waals surface area contributed by atoms with Crippen LogP contribution in [-0.2, 0) is 0 Å². The Morgan fingerprint density at radius 3 is 2.90 bits per heavy atom. The van der Waals surface area contributed by atoms with Gasteiger partial charge in [0.05, 0.1) is 7.11 Å². The second-order valence-electron chi connectivity index (χ2n) is 5.26. The molecule has 1 aliphatic rings. The first-order chi connectivity index (χ1) is 9.74. The highest BCUT2D eigenvalue weighted by atomic mass is 16.5. The third-order valence-electron chi connectivity index (χ3n) is 3.90. The summed E-state index contributed by atoms with van der Waals surface area (Å²) in [5, 5.41) is 0. The van der Waals surface area contributed by atoms with E-state index in [-0.39, 0.29) is 0 Å². The molecular formula is C16H23NO3. The highest BCUT2D eigenvalue weighted by Crippen LogP contribution is 2.27. The van der Waals surface area contributed by atoms with Crippen molar-refractivity contribution in [1.29, 1.82) is 0 Å². The van der Waals surface area contributed by atoms with E-state index in [1.807, 2.05) is 0 Å². The fraction of sp³-hybridized carbons (Fsp3) is 0.562. The van der Waals surface area contributed by atoms with Gasteiger partial charge in [-0.25, -0.2) is 0 Å². The fourth-order valence-corrected chi connectivity index (χ4v) is 2.64. The average molecular weight is 277 g/mol. The van der Waals surface area contributed by atoms with Gasteiger partial charge >= 0.3 is 0 Å². The van der Waals surface area contributed by atoms with Crippen LogP contribution in [-0.4, -0.2) is 44.0 Å². The van der Waals surface area contributed by atoms with Crippen molar-refractivity contribution in [3.8, 4) is 11.5 Å². The molecule has 0 radical (unpaired) electrons. The van der Waals surface area contributed by atoms with Gasteiger partial charge in [0.1, 0.15) is 12.9 Å². The Balaban J connectivity index is 1.88. The zero-order valence-corrected chi connectivity index (χ0v) is 12.3. The number of rotatable bonds is 6. The number of benzene rings is 1. The first-order valence-corrected chi connectivity index (χ1v) is 7.24. The number of carbonyl (C=O) groups excluding carboxylic acids is 1. The Morgan fingerprint density at radius 1 is 1.35 bits per heavy atom. The summed E-state index contributed by atoms with van der Waals surface area (Å²) >= 11 is 0. The van der Waals surface area contributed by atoms with E-state index in [9.17, 15) is 4.79 Å². The molecule has 1 aromatic carbocycles. The number of hydrogen-bond acceptors (Lipinski definition) is 4. The van der Waals surface area contributed by atoms with E-state index < -0.39 is 0 Å². The molecule has 0 N–H and O–H groups in total. The van der Waals surface area contributed by atoms with Gasteiger partial charge in [0.2, 0.25) is 0 Å². The van der Waals surface area contributed by atoms with Gasteiger partial charge in [-0.2, -0.15) is 0 Å². The monoisotopic (exact) mass is 277 g/mol. The lowest BCUT2D eigenvalue weighted by molar-refractivity contribution is 0.112. The summed E-state index contributed by atoms with van der Waals surface area (Å²) in [7, 11) is 1.59. The quantitative estimate of drug-likeness (QED) is 0.749. The number of carbonyl (C=O) groups is 1. The zero-order valence-electron chi connectivity index (χ0n) is 12.3. The first kappa shape index (κ1) is 14.9. The van der Waals surface area contributed by atoms with Crippen LogP contribution in [0.3, 0.4) is 0 Å². The third kappa shape index (κ3) is 3.73. The summed E-state index contributed by atoms with van der Waals surface area (Å²) in [6.45, 7) is 5.01. The van der Waals surface area contributed by atoms with Crippen molar-refractivity contribution in [1.82, 2.24) is 4.90 Å². The van der Waals surface area contributed by atoms with Crippen LogP contribution in [0.25, 0.3) is 0 Å². The molecule has 2 rings (SSSR count). The van der Waals surface area contributed by atoms with E-state index in [1.165, 1.54) is 19.3 Å². The second-order valence-corrected chi connectivity index (χ2v) is 5.26.